The van der Waals surface area contributed by atoms with Gasteiger partial charge in [0.15, 0.2) is 5.96 Å². The van der Waals surface area contributed by atoms with Crippen molar-refractivity contribution >= 4 is 11.9 Å². The zero-order valence-corrected chi connectivity index (χ0v) is 17.9. The minimum absolute atomic E-state index is 0.0608. The highest BCUT2D eigenvalue weighted by molar-refractivity contribution is 5.94. The molecule has 2 aromatic carbocycles. The van der Waals surface area contributed by atoms with Crippen LogP contribution >= 0.6 is 0 Å². The van der Waals surface area contributed by atoms with E-state index >= 15 is 0 Å². The Bertz CT molecular complexity index is 830. The van der Waals surface area contributed by atoms with Gasteiger partial charge >= 0.3 is 0 Å². The summed E-state index contributed by atoms with van der Waals surface area (Å²) < 4.78 is 6.10. The van der Waals surface area contributed by atoms with Crippen LogP contribution < -0.4 is 15.4 Å². The third-order valence-corrected chi connectivity index (χ3v) is 5.20. The van der Waals surface area contributed by atoms with Gasteiger partial charge in [0.25, 0.3) is 5.91 Å². The highest BCUT2D eigenvalue weighted by atomic mass is 16.5. The fraction of sp³-hybridized carbons (Fsp3) is 0.417. The molecule has 0 atom stereocenters. The van der Waals surface area contributed by atoms with Gasteiger partial charge in [-0.1, -0.05) is 30.3 Å². The van der Waals surface area contributed by atoms with Gasteiger partial charge in [0.1, 0.15) is 11.9 Å². The summed E-state index contributed by atoms with van der Waals surface area (Å²) in [6, 6.07) is 17.8. The van der Waals surface area contributed by atoms with Crippen molar-refractivity contribution in [2.75, 3.05) is 33.2 Å². The van der Waals surface area contributed by atoms with Gasteiger partial charge in [-0.25, -0.2) is 0 Å². The van der Waals surface area contributed by atoms with Crippen LogP contribution in [-0.4, -0.2) is 56.1 Å². The molecule has 0 aromatic heterocycles. The van der Waals surface area contributed by atoms with Crippen LogP contribution in [0, 0.1) is 0 Å². The van der Waals surface area contributed by atoms with Gasteiger partial charge in [-0.05, 0) is 43.2 Å². The molecule has 1 amide bonds. The van der Waals surface area contributed by atoms with Gasteiger partial charge in [0.05, 0.1) is 0 Å². The molecule has 1 saturated heterocycles. The Morgan fingerprint density at radius 1 is 1.13 bits per heavy atom. The van der Waals surface area contributed by atoms with Crippen molar-refractivity contribution in [3.63, 3.8) is 0 Å². The zero-order valence-electron chi connectivity index (χ0n) is 17.9. The topological polar surface area (TPSA) is 66.0 Å². The first kappa shape index (κ1) is 21.7. The molecule has 1 aliphatic rings. The molecule has 0 radical (unpaired) electrons. The Balaban J connectivity index is 1.53. The number of ether oxygens (including phenoxy) is 1. The van der Waals surface area contributed by atoms with E-state index in [2.05, 4.69) is 22.5 Å². The van der Waals surface area contributed by atoms with Crippen molar-refractivity contribution in [3.05, 3.63) is 65.7 Å². The van der Waals surface area contributed by atoms with Gasteiger partial charge in [-0.3, -0.25) is 9.79 Å². The smallest absolute Gasteiger partial charge is 0.251 e. The maximum Gasteiger partial charge on any atom is 0.251 e. The van der Waals surface area contributed by atoms with Crippen LogP contribution in [0.4, 0.5) is 0 Å². The summed E-state index contributed by atoms with van der Waals surface area (Å²) in [5.74, 6) is 1.84. The summed E-state index contributed by atoms with van der Waals surface area (Å²) in [7, 11) is 1.65. The maximum atomic E-state index is 11.8. The third-order valence-electron chi connectivity index (χ3n) is 5.20. The molecule has 6 heteroatoms. The fourth-order valence-corrected chi connectivity index (χ4v) is 3.61. The highest BCUT2D eigenvalue weighted by Crippen LogP contribution is 2.18. The van der Waals surface area contributed by atoms with Crippen LogP contribution in [0.15, 0.2) is 59.6 Å². The molecule has 0 saturated carbocycles. The number of aliphatic imine (C=N–C) groups is 1. The molecule has 1 aliphatic heterocycles. The van der Waals surface area contributed by atoms with Crippen molar-refractivity contribution in [1.82, 2.24) is 15.5 Å². The normalized spacial score (nSPS) is 15.0. The summed E-state index contributed by atoms with van der Waals surface area (Å²) >= 11 is 0. The third kappa shape index (κ3) is 6.24. The lowest BCUT2D eigenvalue weighted by Gasteiger charge is -2.34. The predicted octanol–water partition coefficient (Wildman–Crippen LogP) is 3.10. The molecule has 1 heterocycles. The number of amides is 1. The number of rotatable bonds is 7. The molecule has 0 bridgehead atoms. The maximum absolute atomic E-state index is 11.8. The monoisotopic (exact) mass is 408 g/mol. The van der Waals surface area contributed by atoms with Crippen molar-refractivity contribution in [2.45, 2.75) is 32.3 Å². The molecule has 160 valence electrons. The average molecular weight is 409 g/mol. The van der Waals surface area contributed by atoms with Gasteiger partial charge in [0.2, 0.25) is 0 Å². The molecule has 3 rings (SSSR count). The highest BCUT2D eigenvalue weighted by Gasteiger charge is 2.22. The Hall–Kier alpha value is -3.02. The standard InChI is InChI=1S/C24H32N4O2/c1-3-26-24(27-15-12-19-8-7-9-20(18-19)23(29)25-2)28-16-13-22(14-17-28)30-21-10-5-4-6-11-21/h4-11,18,22H,3,12-17H2,1-2H3,(H,25,29)(H,26,27). The largest absolute Gasteiger partial charge is 0.490 e. The molecule has 2 aromatic rings. The Morgan fingerprint density at radius 2 is 1.90 bits per heavy atom. The first-order valence-corrected chi connectivity index (χ1v) is 10.8. The lowest BCUT2D eigenvalue weighted by atomic mass is 10.1. The van der Waals surface area contributed by atoms with Crippen LogP contribution in [0.5, 0.6) is 5.75 Å². The fourth-order valence-electron chi connectivity index (χ4n) is 3.61. The number of nitrogens with one attached hydrogen (secondary N) is 2. The molecular weight excluding hydrogens is 376 g/mol. The van der Waals surface area contributed by atoms with Crippen molar-refractivity contribution in [2.24, 2.45) is 4.99 Å². The van der Waals surface area contributed by atoms with Crippen LogP contribution in [-0.2, 0) is 6.42 Å². The van der Waals surface area contributed by atoms with Crippen molar-refractivity contribution in [1.29, 1.82) is 0 Å². The van der Waals surface area contributed by atoms with Crippen LogP contribution in [0.3, 0.4) is 0 Å². The number of nitrogens with zero attached hydrogens (tertiary/aromatic N) is 2. The summed E-state index contributed by atoms with van der Waals surface area (Å²) in [6.45, 7) is 5.46. The second kappa shape index (κ2) is 11.2. The zero-order chi connectivity index (χ0) is 21.2. The first-order valence-electron chi connectivity index (χ1n) is 10.8. The Labute approximate surface area is 179 Å². The molecule has 2 N–H and O–H groups in total. The number of hydrogen-bond acceptors (Lipinski definition) is 3. The van der Waals surface area contributed by atoms with E-state index in [1.165, 1.54) is 0 Å². The van der Waals surface area contributed by atoms with E-state index in [0.29, 0.717) is 12.1 Å². The average Bonchev–Trinajstić information content (AvgIpc) is 2.79. The predicted molar refractivity (Wildman–Crippen MR) is 121 cm³/mol. The number of piperidine rings is 1. The summed E-state index contributed by atoms with van der Waals surface area (Å²) in [5.41, 5.74) is 1.80. The Morgan fingerprint density at radius 3 is 2.60 bits per heavy atom. The number of carbonyl (C=O) groups is 1. The van der Waals surface area contributed by atoms with E-state index < -0.39 is 0 Å². The lowest BCUT2D eigenvalue weighted by molar-refractivity contribution is 0.0963. The van der Waals surface area contributed by atoms with Crippen molar-refractivity contribution in [3.8, 4) is 5.75 Å². The van der Waals surface area contributed by atoms with Gasteiger partial charge in [0, 0.05) is 51.6 Å². The van der Waals surface area contributed by atoms with E-state index in [0.717, 1.165) is 56.2 Å². The number of para-hydroxylation sites is 1. The second-order valence-electron chi connectivity index (χ2n) is 7.38. The molecule has 6 nitrogen and oxygen atoms in total. The minimum atomic E-state index is -0.0608. The SMILES string of the molecule is CCNC(=NCCc1cccc(C(=O)NC)c1)N1CCC(Oc2ccccc2)CC1. The molecular formula is C24H32N4O2. The first-order chi connectivity index (χ1) is 14.7. The quantitative estimate of drug-likeness (QED) is 0.546. The van der Waals surface area contributed by atoms with Crippen LogP contribution in [0.2, 0.25) is 0 Å². The van der Waals surface area contributed by atoms with Gasteiger partial charge in [-0.15, -0.1) is 0 Å². The van der Waals surface area contributed by atoms with Crippen LogP contribution in [0.1, 0.15) is 35.7 Å². The molecule has 0 aliphatic carbocycles. The summed E-state index contributed by atoms with van der Waals surface area (Å²) in [5, 5.41) is 6.08. The number of guanidine groups is 1. The number of likely N-dealkylation sites (tertiary alicyclic amines) is 1. The van der Waals surface area contributed by atoms with E-state index in [1.807, 2.05) is 54.6 Å². The minimum Gasteiger partial charge on any atom is -0.490 e. The number of benzene rings is 2. The molecule has 0 spiro atoms. The Kier molecular flexibility index (Phi) is 8.12. The number of hydrogen-bond donors (Lipinski definition) is 2. The van der Waals surface area contributed by atoms with E-state index in [9.17, 15) is 4.79 Å². The second-order valence-corrected chi connectivity index (χ2v) is 7.38. The molecule has 0 unspecified atom stereocenters. The van der Waals surface area contributed by atoms with E-state index in [1.54, 1.807) is 7.05 Å². The lowest BCUT2D eigenvalue weighted by Crippen LogP contribution is -2.47. The summed E-state index contributed by atoms with van der Waals surface area (Å²) in [6.07, 6.45) is 3.01. The van der Waals surface area contributed by atoms with E-state index in [-0.39, 0.29) is 12.0 Å². The summed E-state index contributed by atoms with van der Waals surface area (Å²) in [4.78, 5) is 19.0. The number of carbonyl (C=O) groups excluding carboxylic acids is 1. The van der Waals surface area contributed by atoms with Crippen LogP contribution in [0.25, 0.3) is 0 Å². The van der Waals surface area contributed by atoms with E-state index in [4.69, 9.17) is 9.73 Å². The van der Waals surface area contributed by atoms with Gasteiger partial charge in [-0.2, -0.15) is 0 Å². The molecule has 1 fully saturated rings. The van der Waals surface area contributed by atoms with Gasteiger partial charge < -0.3 is 20.3 Å². The van der Waals surface area contributed by atoms with Crippen molar-refractivity contribution < 1.29 is 9.53 Å². The molecule has 30 heavy (non-hydrogen) atoms.